The Morgan fingerprint density at radius 3 is 2.55 bits per heavy atom. The van der Waals surface area contributed by atoms with Gasteiger partial charge >= 0.3 is 0 Å². The van der Waals surface area contributed by atoms with Crippen molar-refractivity contribution in [3.05, 3.63) is 46.4 Å². The Morgan fingerprint density at radius 2 is 1.86 bits per heavy atom. The minimum absolute atomic E-state index is 0.0422. The van der Waals surface area contributed by atoms with Gasteiger partial charge in [-0.3, -0.25) is 0 Å². The summed E-state index contributed by atoms with van der Waals surface area (Å²) in [4.78, 5) is 4.67. The number of halogens is 2. The molecule has 2 aromatic carbocycles. The summed E-state index contributed by atoms with van der Waals surface area (Å²) in [6.07, 6.45) is 0.804. The molecule has 3 rings (SSSR count). The maximum atomic E-state index is 9.43. The Kier molecular flexibility index (Phi) is 4.39. The molecule has 1 unspecified atom stereocenters. The Morgan fingerprint density at radius 1 is 1.14 bits per heavy atom. The summed E-state index contributed by atoms with van der Waals surface area (Å²) < 4.78 is 0. The maximum absolute atomic E-state index is 9.43. The summed E-state index contributed by atoms with van der Waals surface area (Å²) in [6, 6.07) is 11.5. The van der Waals surface area contributed by atoms with E-state index in [0.717, 1.165) is 28.4 Å². The highest BCUT2D eigenvalue weighted by Gasteiger charge is 2.13. The number of anilines is 1. The summed E-state index contributed by atoms with van der Waals surface area (Å²) in [5.41, 5.74) is 0.708. The predicted octanol–water partition coefficient (Wildman–Crippen LogP) is 4.88. The average molecular weight is 335 g/mol. The quantitative estimate of drug-likeness (QED) is 0.668. The van der Waals surface area contributed by atoms with Gasteiger partial charge in [-0.05, 0) is 23.9 Å². The van der Waals surface area contributed by atoms with Gasteiger partial charge in [0.1, 0.15) is 5.82 Å². The van der Waals surface area contributed by atoms with Crippen LogP contribution in [0.5, 0.6) is 0 Å². The zero-order chi connectivity index (χ0) is 15.7. The van der Waals surface area contributed by atoms with Crippen LogP contribution in [0, 0.1) is 0 Å². The van der Waals surface area contributed by atoms with Crippen molar-refractivity contribution >= 4 is 50.7 Å². The third kappa shape index (κ3) is 2.72. The van der Waals surface area contributed by atoms with Gasteiger partial charge in [0.15, 0.2) is 0 Å². The fraction of sp³-hybridized carbons (Fsp3) is 0.235. The molecule has 22 heavy (non-hydrogen) atoms. The molecule has 0 saturated carbocycles. The predicted molar refractivity (Wildman–Crippen MR) is 94.1 cm³/mol. The minimum atomic E-state index is -0.0422. The molecule has 0 amide bonds. The molecule has 0 bridgehead atoms. The van der Waals surface area contributed by atoms with E-state index in [4.69, 9.17) is 23.2 Å². The van der Waals surface area contributed by atoms with Crippen LogP contribution in [0.15, 0.2) is 36.4 Å². The average Bonchev–Trinajstić information content (AvgIpc) is 2.53. The molecule has 1 heterocycles. The van der Waals surface area contributed by atoms with Gasteiger partial charge < -0.3 is 10.4 Å². The topological polar surface area (TPSA) is 45.1 Å². The van der Waals surface area contributed by atoms with E-state index in [2.05, 4.69) is 10.3 Å². The summed E-state index contributed by atoms with van der Waals surface area (Å²) in [7, 11) is 0. The third-order valence-corrected chi connectivity index (χ3v) is 4.28. The van der Waals surface area contributed by atoms with Crippen LogP contribution >= 0.6 is 23.2 Å². The normalized spacial score (nSPS) is 12.7. The number of hydrogen-bond acceptors (Lipinski definition) is 3. The van der Waals surface area contributed by atoms with Crippen LogP contribution in [-0.2, 0) is 0 Å². The zero-order valence-corrected chi connectivity index (χ0v) is 13.6. The number of pyridine rings is 1. The van der Waals surface area contributed by atoms with Gasteiger partial charge in [-0.15, -0.1) is 0 Å². The Balaban J connectivity index is 2.31. The number of hydrogen-bond donors (Lipinski definition) is 2. The first-order chi connectivity index (χ1) is 10.6. The molecule has 3 nitrogen and oxygen atoms in total. The molecule has 0 aliphatic heterocycles. The van der Waals surface area contributed by atoms with Crippen molar-refractivity contribution in [2.75, 3.05) is 11.9 Å². The first kappa shape index (κ1) is 15.3. The summed E-state index contributed by atoms with van der Waals surface area (Å²) in [5, 5.41) is 16.8. The van der Waals surface area contributed by atoms with Crippen LogP contribution < -0.4 is 5.32 Å². The van der Waals surface area contributed by atoms with Crippen molar-refractivity contribution in [2.24, 2.45) is 0 Å². The number of nitrogens with zero attached hydrogens (tertiary/aromatic N) is 1. The van der Waals surface area contributed by atoms with Crippen LogP contribution in [-0.4, -0.2) is 22.7 Å². The van der Waals surface area contributed by atoms with E-state index in [1.165, 1.54) is 0 Å². The van der Waals surface area contributed by atoms with E-state index in [-0.39, 0.29) is 12.6 Å². The largest absolute Gasteiger partial charge is 0.394 e. The van der Waals surface area contributed by atoms with Gasteiger partial charge in [-0.25, -0.2) is 4.98 Å². The van der Waals surface area contributed by atoms with E-state index in [9.17, 15) is 5.11 Å². The lowest BCUT2D eigenvalue weighted by atomic mass is 10.1. The van der Waals surface area contributed by atoms with E-state index in [1.54, 1.807) is 6.07 Å². The second kappa shape index (κ2) is 6.29. The van der Waals surface area contributed by atoms with Crippen LogP contribution in [0.3, 0.4) is 0 Å². The van der Waals surface area contributed by atoms with Gasteiger partial charge in [-0.1, -0.05) is 54.4 Å². The van der Waals surface area contributed by atoms with Crippen LogP contribution in [0.4, 0.5) is 5.82 Å². The molecular formula is C17H16Cl2N2O. The molecule has 114 valence electrons. The highest BCUT2D eigenvalue weighted by molar-refractivity contribution is 6.39. The zero-order valence-electron chi connectivity index (χ0n) is 12.1. The van der Waals surface area contributed by atoms with Crippen molar-refractivity contribution in [1.29, 1.82) is 0 Å². The summed E-state index contributed by atoms with van der Waals surface area (Å²) >= 11 is 12.4. The summed E-state index contributed by atoms with van der Waals surface area (Å²) in [6.45, 7) is 2.07. The molecule has 0 fully saturated rings. The van der Waals surface area contributed by atoms with E-state index in [0.29, 0.717) is 15.6 Å². The number of rotatable bonds is 4. The number of nitrogens with one attached hydrogen (secondary N) is 1. The van der Waals surface area contributed by atoms with Gasteiger partial charge in [0.2, 0.25) is 0 Å². The highest BCUT2D eigenvalue weighted by Crippen LogP contribution is 2.35. The summed E-state index contributed by atoms with van der Waals surface area (Å²) in [5.74, 6) is 0.730. The molecule has 1 atom stereocenters. The standard InChI is InChI=1S/C17H16Cl2N2O/c1-2-11(9-22)20-17-13-6-4-3-5-12(13)14-7-10(18)8-15(19)16(14)21-17/h3-8,11,22H,2,9H2,1H3,(H,20,21). The van der Waals surface area contributed by atoms with E-state index < -0.39 is 0 Å². The highest BCUT2D eigenvalue weighted by atomic mass is 35.5. The number of aromatic nitrogens is 1. The number of benzene rings is 2. The van der Waals surface area contributed by atoms with Gasteiger partial charge in [-0.2, -0.15) is 0 Å². The second-order valence-electron chi connectivity index (χ2n) is 5.22. The molecule has 2 N–H and O–H groups in total. The van der Waals surface area contributed by atoms with Crippen molar-refractivity contribution in [3.8, 4) is 0 Å². The molecule has 3 aromatic rings. The van der Waals surface area contributed by atoms with Crippen molar-refractivity contribution in [2.45, 2.75) is 19.4 Å². The SMILES string of the molecule is CCC(CO)Nc1nc2c(Cl)cc(Cl)cc2c2ccccc12. The molecule has 0 saturated heterocycles. The number of aliphatic hydroxyl groups excluding tert-OH is 1. The lowest BCUT2D eigenvalue weighted by molar-refractivity contribution is 0.271. The molecule has 0 spiro atoms. The Hall–Kier alpha value is -1.55. The van der Waals surface area contributed by atoms with E-state index in [1.807, 2.05) is 37.3 Å². The molecule has 0 radical (unpaired) electrons. The lowest BCUT2D eigenvalue weighted by Gasteiger charge is -2.18. The van der Waals surface area contributed by atoms with Crippen molar-refractivity contribution in [1.82, 2.24) is 4.98 Å². The first-order valence-electron chi connectivity index (χ1n) is 7.19. The maximum Gasteiger partial charge on any atom is 0.134 e. The van der Waals surface area contributed by atoms with Crippen molar-refractivity contribution in [3.63, 3.8) is 0 Å². The fourth-order valence-corrected chi connectivity index (χ4v) is 3.10. The molecule has 1 aromatic heterocycles. The first-order valence-corrected chi connectivity index (χ1v) is 7.94. The molecular weight excluding hydrogens is 319 g/mol. The Labute approximate surface area is 138 Å². The molecule has 0 aliphatic rings. The van der Waals surface area contributed by atoms with E-state index >= 15 is 0 Å². The smallest absolute Gasteiger partial charge is 0.134 e. The van der Waals surface area contributed by atoms with Crippen LogP contribution in [0.1, 0.15) is 13.3 Å². The lowest BCUT2D eigenvalue weighted by Crippen LogP contribution is -2.23. The minimum Gasteiger partial charge on any atom is -0.394 e. The third-order valence-electron chi connectivity index (χ3n) is 3.78. The molecule has 5 heteroatoms. The van der Waals surface area contributed by atoms with Gasteiger partial charge in [0, 0.05) is 15.8 Å². The second-order valence-corrected chi connectivity index (χ2v) is 6.07. The van der Waals surface area contributed by atoms with Gasteiger partial charge in [0.25, 0.3) is 0 Å². The fourth-order valence-electron chi connectivity index (χ4n) is 2.56. The van der Waals surface area contributed by atoms with Crippen LogP contribution in [0.2, 0.25) is 10.0 Å². The number of aliphatic hydroxyl groups is 1. The van der Waals surface area contributed by atoms with Gasteiger partial charge in [0.05, 0.1) is 23.2 Å². The van der Waals surface area contributed by atoms with Crippen molar-refractivity contribution < 1.29 is 5.11 Å². The number of fused-ring (bicyclic) bond motifs is 3. The van der Waals surface area contributed by atoms with Crippen LogP contribution in [0.25, 0.3) is 21.7 Å². The monoisotopic (exact) mass is 334 g/mol. The molecule has 0 aliphatic carbocycles. The Bertz CT molecular complexity index is 832.